The third kappa shape index (κ3) is 2.36. The molecule has 0 fully saturated rings. The first-order valence-electron chi connectivity index (χ1n) is 6.25. The molecular weight excluding hydrogens is 424 g/mol. The molecule has 0 saturated heterocycles. The van der Waals surface area contributed by atoms with Gasteiger partial charge in [-0.15, -0.1) is 22.7 Å². The van der Waals surface area contributed by atoms with Crippen molar-refractivity contribution >= 4 is 74.7 Å². The van der Waals surface area contributed by atoms with Crippen LogP contribution in [0.25, 0.3) is 20.2 Å². The van der Waals surface area contributed by atoms with Crippen LogP contribution in [-0.4, -0.2) is 13.2 Å². The van der Waals surface area contributed by atoms with E-state index in [1.807, 2.05) is 13.8 Å². The molecule has 2 heterocycles. The van der Waals surface area contributed by atoms with E-state index >= 15 is 0 Å². The van der Waals surface area contributed by atoms with Crippen molar-refractivity contribution in [1.29, 1.82) is 0 Å². The molecule has 0 unspecified atom stereocenters. The second kappa shape index (κ2) is 5.83. The van der Waals surface area contributed by atoms with Crippen molar-refractivity contribution in [2.24, 2.45) is 0 Å². The summed E-state index contributed by atoms with van der Waals surface area (Å²) in [7, 11) is 0. The normalized spacial score (nSPS) is 11.4. The van der Waals surface area contributed by atoms with E-state index in [2.05, 4.69) is 44.0 Å². The van der Waals surface area contributed by atoms with Gasteiger partial charge in [-0.3, -0.25) is 0 Å². The number of benzene rings is 1. The van der Waals surface area contributed by atoms with Gasteiger partial charge in [0.1, 0.15) is 11.5 Å². The Morgan fingerprint density at radius 1 is 0.850 bits per heavy atom. The van der Waals surface area contributed by atoms with Gasteiger partial charge in [0, 0.05) is 10.8 Å². The monoisotopic (exact) mass is 434 g/mol. The van der Waals surface area contributed by atoms with Gasteiger partial charge in [-0.05, 0) is 57.8 Å². The summed E-state index contributed by atoms with van der Waals surface area (Å²) < 4.78 is 16.3. The van der Waals surface area contributed by atoms with E-state index in [9.17, 15) is 0 Å². The van der Waals surface area contributed by atoms with E-state index in [4.69, 9.17) is 9.47 Å². The third-order valence-corrected chi connectivity index (χ3v) is 6.16. The molecule has 0 aliphatic heterocycles. The van der Waals surface area contributed by atoms with Crippen molar-refractivity contribution in [2.75, 3.05) is 13.2 Å². The Bertz CT molecular complexity index is 658. The van der Waals surface area contributed by atoms with Crippen LogP contribution in [0.2, 0.25) is 0 Å². The molecule has 0 aliphatic carbocycles. The fraction of sp³-hybridized carbons (Fsp3) is 0.286. The minimum absolute atomic E-state index is 0.654. The Labute approximate surface area is 141 Å². The third-order valence-electron chi connectivity index (χ3n) is 2.88. The van der Waals surface area contributed by atoms with Gasteiger partial charge in [0.05, 0.1) is 30.2 Å². The summed E-state index contributed by atoms with van der Waals surface area (Å²) in [5.74, 6) is 1.91. The lowest BCUT2D eigenvalue weighted by Gasteiger charge is -2.11. The van der Waals surface area contributed by atoms with Crippen LogP contribution in [0, 0.1) is 0 Å². The Balaban J connectivity index is 2.45. The molecule has 0 bridgehead atoms. The lowest BCUT2D eigenvalue weighted by molar-refractivity contribution is 0.343. The highest BCUT2D eigenvalue weighted by Gasteiger charge is 2.20. The molecule has 3 aromatic rings. The molecule has 2 nitrogen and oxygen atoms in total. The van der Waals surface area contributed by atoms with Gasteiger partial charge in [-0.25, -0.2) is 0 Å². The maximum Gasteiger partial charge on any atom is 0.146 e. The summed E-state index contributed by atoms with van der Waals surface area (Å²) in [6, 6.07) is 4.22. The largest absolute Gasteiger partial charge is 0.492 e. The summed E-state index contributed by atoms with van der Waals surface area (Å²) >= 11 is 10.5. The average molecular weight is 436 g/mol. The predicted molar refractivity (Wildman–Crippen MR) is 94.9 cm³/mol. The first-order valence-corrected chi connectivity index (χ1v) is 9.47. The Hall–Kier alpha value is -0.300. The highest BCUT2D eigenvalue weighted by Crippen LogP contribution is 2.51. The first kappa shape index (κ1) is 14.6. The van der Waals surface area contributed by atoms with Crippen LogP contribution in [0.15, 0.2) is 19.7 Å². The van der Waals surface area contributed by atoms with Crippen LogP contribution in [0.5, 0.6) is 11.5 Å². The minimum atomic E-state index is 0.654. The van der Waals surface area contributed by atoms with Crippen molar-refractivity contribution in [2.45, 2.75) is 13.8 Å². The topological polar surface area (TPSA) is 18.5 Å². The van der Waals surface area contributed by atoms with Crippen molar-refractivity contribution in [3.05, 3.63) is 19.7 Å². The van der Waals surface area contributed by atoms with Crippen molar-refractivity contribution in [3.8, 4) is 11.5 Å². The Morgan fingerprint density at radius 3 is 1.60 bits per heavy atom. The van der Waals surface area contributed by atoms with Gasteiger partial charge in [0.2, 0.25) is 0 Å². The average Bonchev–Trinajstić information content (AvgIpc) is 2.96. The van der Waals surface area contributed by atoms with Crippen molar-refractivity contribution < 1.29 is 9.47 Å². The molecule has 0 N–H and O–H groups in total. The van der Waals surface area contributed by atoms with E-state index in [0.717, 1.165) is 39.2 Å². The lowest BCUT2D eigenvalue weighted by Crippen LogP contribution is -1.95. The molecule has 1 aromatic carbocycles. The van der Waals surface area contributed by atoms with Crippen molar-refractivity contribution in [1.82, 2.24) is 0 Å². The van der Waals surface area contributed by atoms with Gasteiger partial charge in [-0.2, -0.15) is 0 Å². The zero-order valence-electron chi connectivity index (χ0n) is 11.0. The number of halogens is 2. The number of rotatable bonds is 4. The summed E-state index contributed by atoms with van der Waals surface area (Å²) in [6.07, 6.45) is 0. The van der Waals surface area contributed by atoms with Gasteiger partial charge in [0.25, 0.3) is 0 Å². The molecule has 0 atom stereocenters. The zero-order valence-corrected chi connectivity index (χ0v) is 15.8. The van der Waals surface area contributed by atoms with E-state index in [1.165, 1.54) is 0 Å². The van der Waals surface area contributed by atoms with E-state index in [1.54, 1.807) is 22.7 Å². The second-order valence-electron chi connectivity index (χ2n) is 4.11. The van der Waals surface area contributed by atoms with Crippen LogP contribution in [0.3, 0.4) is 0 Å². The molecule has 3 rings (SSSR count). The van der Waals surface area contributed by atoms with E-state index < -0.39 is 0 Å². The van der Waals surface area contributed by atoms with Gasteiger partial charge >= 0.3 is 0 Å². The standard InChI is InChI=1S/C14H12Br2O2S2/c1-3-17-11-7-5-9(15)20-14(7)12(18-4-2)8-6-10(16)19-13(8)11/h5-6H,3-4H2,1-2H3. The molecule has 2 aromatic heterocycles. The van der Waals surface area contributed by atoms with Gasteiger partial charge in [-0.1, -0.05) is 0 Å². The quantitative estimate of drug-likeness (QED) is 0.469. The highest BCUT2D eigenvalue weighted by molar-refractivity contribution is 9.11. The predicted octanol–water partition coefficient (Wildman–Crippen LogP) is 6.44. The number of fused-ring (bicyclic) bond motifs is 2. The van der Waals surface area contributed by atoms with E-state index in [0.29, 0.717) is 13.2 Å². The fourth-order valence-electron chi connectivity index (χ4n) is 2.22. The molecule has 0 amide bonds. The highest BCUT2D eigenvalue weighted by atomic mass is 79.9. The molecule has 0 spiro atoms. The van der Waals surface area contributed by atoms with Crippen LogP contribution >= 0.6 is 54.5 Å². The first-order chi connectivity index (χ1) is 9.65. The van der Waals surface area contributed by atoms with Crippen LogP contribution < -0.4 is 9.47 Å². The summed E-state index contributed by atoms with van der Waals surface area (Å²) in [5.41, 5.74) is 0. The molecule has 0 aliphatic rings. The molecule has 106 valence electrons. The number of hydrogen-bond acceptors (Lipinski definition) is 4. The molecule has 20 heavy (non-hydrogen) atoms. The zero-order chi connectivity index (χ0) is 14.3. The number of thiophene rings is 2. The molecule has 0 saturated carbocycles. The number of ether oxygens (including phenoxy) is 2. The van der Waals surface area contributed by atoms with Crippen LogP contribution in [0.4, 0.5) is 0 Å². The van der Waals surface area contributed by atoms with Crippen LogP contribution in [-0.2, 0) is 0 Å². The van der Waals surface area contributed by atoms with Gasteiger partial charge < -0.3 is 9.47 Å². The molecule has 0 radical (unpaired) electrons. The Morgan fingerprint density at radius 2 is 1.25 bits per heavy atom. The summed E-state index contributed by atoms with van der Waals surface area (Å²) in [4.78, 5) is 0. The lowest BCUT2D eigenvalue weighted by atomic mass is 10.1. The van der Waals surface area contributed by atoms with E-state index in [-0.39, 0.29) is 0 Å². The van der Waals surface area contributed by atoms with Gasteiger partial charge in [0.15, 0.2) is 0 Å². The summed E-state index contributed by atoms with van der Waals surface area (Å²) in [6.45, 7) is 5.33. The Kier molecular flexibility index (Phi) is 4.26. The second-order valence-corrected chi connectivity index (χ2v) is 8.97. The van der Waals surface area contributed by atoms with Crippen LogP contribution in [0.1, 0.15) is 13.8 Å². The smallest absolute Gasteiger partial charge is 0.146 e. The maximum atomic E-state index is 5.91. The molecule has 6 heteroatoms. The fourth-order valence-corrected chi connectivity index (χ4v) is 5.44. The SMILES string of the molecule is CCOc1c2cc(Br)sc2c(OCC)c2cc(Br)sc12. The minimum Gasteiger partial charge on any atom is -0.492 e. The number of hydrogen-bond donors (Lipinski definition) is 0. The maximum absolute atomic E-state index is 5.91. The summed E-state index contributed by atoms with van der Waals surface area (Å²) in [5, 5.41) is 2.24. The molecular formula is C14H12Br2O2S2. The van der Waals surface area contributed by atoms with Crippen molar-refractivity contribution in [3.63, 3.8) is 0 Å².